The monoisotopic (exact) mass is 403 g/mol. The number of carbonyl (C=O) groups is 1. The minimum atomic E-state index is -4.48. The number of fused-ring (bicyclic) bond motifs is 1. The number of nitrogens with one attached hydrogen (secondary N) is 1. The maximum atomic E-state index is 12.9. The summed E-state index contributed by atoms with van der Waals surface area (Å²) in [6.07, 6.45) is 1.46. The first-order valence-electron chi connectivity index (χ1n) is 9.45. The first-order chi connectivity index (χ1) is 13.9. The van der Waals surface area contributed by atoms with Crippen molar-refractivity contribution in [3.8, 4) is 0 Å². The van der Waals surface area contributed by atoms with Gasteiger partial charge < -0.3 is 10.2 Å². The quantitative estimate of drug-likeness (QED) is 0.852. The lowest BCUT2D eigenvalue weighted by Gasteiger charge is -2.21. The van der Waals surface area contributed by atoms with Gasteiger partial charge in [0.05, 0.1) is 16.9 Å². The van der Waals surface area contributed by atoms with Gasteiger partial charge in [0.15, 0.2) is 0 Å². The van der Waals surface area contributed by atoms with E-state index in [4.69, 9.17) is 0 Å². The van der Waals surface area contributed by atoms with Gasteiger partial charge in [0.2, 0.25) is 0 Å². The fraction of sp³-hybridized carbons (Fsp3) is 0.400. The Morgan fingerprint density at radius 3 is 2.90 bits per heavy atom. The molecule has 0 aromatic carbocycles. The number of hydrogen-bond acceptors (Lipinski definition) is 5. The van der Waals surface area contributed by atoms with E-state index in [1.807, 2.05) is 12.1 Å². The summed E-state index contributed by atoms with van der Waals surface area (Å²) in [4.78, 5) is 26.7. The number of alkyl halides is 3. The van der Waals surface area contributed by atoms with Crippen molar-refractivity contribution in [3.63, 3.8) is 0 Å². The van der Waals surface area contributed by atoms with E-state index in [1.165, 1.54) is 0 Å². The van der Waals surface area contributed by atoms with Crippen molar-refractivity contribution in [2.75, 3.05) is 13.1 Å². The van der Waals surface area contributed by atoms with Crippen molar-refractivity contribution in [3.05, 3.63) is 53.6 Å². The minimum Gasteiger partial charge on any atom is -0.336 e. The number of rotatable bonds is 4. The summed E-state index contributed by atoms with van der Waals surface area (Å²) in [7, 11) is 0. The Labute approximate surface area is 165 Å². The molecule has 0 radical (unpaired) electrons. The number of amides is 1. The molecule has 0 bridgehead atoms. The highest BCUT2D eigenvalue weighted by atomic mass is 19.4. The van der Waals surface area contributed by atoms with Crippen molar-refractivity contribution >= 4 is 17.3 Å². The first-order valence-corrected chi connectivity index (χ1v) is 9.45. The van der Waals surface area contributed by atoms with Gasteiger partial charge in [-0.2, -0.15) is 13.2 Å². The van der Waals surface area contributed by atoms with Gasteiger partial charge in [-0.15, -0.1) is 0 Å². The summed E-state index contributed by atoms with van der Waals surface area (Å²) < 4.78 is 38.8. The van der Waals surface area contributed by atoms with Crippen LogP contribution in [0.5, 0.6) is 0 Å². The van der Waals surface area contributed by atoms with Crippen molar-refractivity contribution in [2.45, 2.75) is 38.0 Å². The average Bonchev–Trinajstić information content (AvgIpc) is 3.20. The van der Waals surface area contributed by atoms with Crippen LogP contribution in [0.15, 0.2) is 41.8 Å². The molecule has 152 valence electrons. The molecule has 2 aromatic heterocycles. The summed E-state index contributed by atoms with van der Waals surface area (Å²) in [5.74, 6) is -0.210. The largest absolute Gasteiger partial charge is 0.417 e. The first kappa shape index (κ1) is 19.5. The molecule has 1 N–H and O–H groups in total. The molecule has 1 amide bonds. The summed E-state index contributed by atoms with van der Waals surface area (Å²) in [6, 6.07) is 4.99. The number of aliphatic imine (C=N–C) groups is 1. The average molecular weight is 403 g/mol. The van der Waals surface area contributed by atoms with Crippen molar-refractivity contribution in [2.24, 2.45) is 4.99 Å². The van der Waals surface area contributed by atoms with Gasteiger partial charge in [0, 0.05) is 50.7 Å². The van der Waals surface area contributed by atoms with Gasteiger partial charge in [0.25, 0.3) is 5.91 Å². The molecule has 0 spiro atoms. The van der Waals surface area contributed by atoms with Gasteiger partial charge >= 0.3 is 6.18 Å². The van der Waals surface area contributed by atoms with Crippen LogP contribution in [0.4, 0.5) is 18.9 Å². The Balaban J connectivity index is 1.40. The van der Waals surface area contributed by atoms with E-state index in [0.717, 1.165) is 24.2 Å². The molecule has 2 aromatic rings. The highest BCUT2D eigenvalue weighted by Gasteiger charge is 2.33. The van der Waals surface area contributed by atoms with Crippen LogP contribution in [0.25, 0.3) is 0 Å². The lowest BCUT2D eigenvalue weighted by Crippen LogP contribution is -2.38. The third-order valence-electron chi connectivity index (χ3n) is 5.17. The lowest BCUT2D eigenvalue weighted by molar-refractivity contribution is -0.137. The van der Waals surface area contributed by atoms with E-state index >= 15 is 0 Å². The third-order valence-corrected chi connectivity index (χ3v) is 5.17. The molecule has 4 heterocycles. The smallest absolute Gasteiger partial charge is 0.336 e. The van der Waals surface area contributed by atoms with E-state index in [2.05, 4.69) is 20.3 Å². The van der Waals surface area contributed by atoms with E-state index in [0.29, 0.717) is 43.9 Å². The van der Waals surface area contributed by atoms with E-state index in [-0.39, 0.29) is 17.6 Å². The molecule has 2 aliphatic rings. The molecule has 0 saturated carbocycles. The van der Waals surface area contributed by atoms with Gasteiger partial charge in [-0.25, -0.2) is 4.99 Å². The predicted molar refractivity (Wildman–Crippen MR) is 101 cm³/mol. The topological polar surface area (TPSA) is 70.5 Å². The standard InChI is InChI=1S/C20H20F3N5O/c21-20(22,23)14-8-18-16(26-11-14)3-4-17(27-18)19(29)28-7-5-15(12-28)25-10-13-2-1-6-24-9-13/h1-2,6,8-9,11,15,25H,3-5,7,10,12H2. The summed E-state index contributed by atoms with van der Waals surface area (Å²) in [5, 5.41) is 3.42. The Morgan fingerprint density at radius 1 is 1.28 bits per heavy atom. The fourth-order valence-corrected chi connectivity index (χ4v) is 3.58. The van der Waals surface area contributed by atoms with E-state index in [1.54, 1.807) is 17.3 Å². The van der Waals surface area contributed by atoms with E-state index < -0.39 is 11.7 Å². The van der Waals surface area contributed by atoms with Crippen molar-refractivity contribution in [1.29, 1.82) is 0 Å². The SMILES string of the molecule is O=C(C1=Nc2cc(C(F)(F)F)cnc2CC1)N1CCC(NCc2cccnc2)C1. The Hall–Kier alpha value is -2.81. The Morgan fingerprint density at radius 2 is 2.14 bits per heavy atom. The molecule has 0 aliphatic carbocycles. The summed E-state index contributed by atoms with van der Waals surface area (Å²) in [6.45, 7) is 1.81. The number of carbonyl (C=O) groups excluding carboxylic acids is 1. The molecule has 9 heteroatoms. The summed E-state index contributed by atoms with van der Waals surface area (Å²) >= 11 is 0. The number of nitrogens with zero attached hydrogens (tertiary/aromatic N) is 4. The molecule has 29 heavy (non-hydrogen) atoms. The van der Waals surface area contributed by atoms with Crippen LogP contribution >= 0.6 is 0 Å². The van der Waals surface area contributed by atoms with Crippen LogP contribution in [-0.2, 0) is 23.9 Å². The fourth-order valence-electron chi connectivity index (χ4n) is 3.58. The molecule has 6 nitrogen and oxygen atoms in total. The number of aromatic nitrogens is 2. The number of likely N-dealkylation sites (tertiary alicyclic amines) is 1. The molecular formula is C20H20F3N5O. The van der Waals surface area contributed by atoms with Gasteiger partial charge in [-0.1, -0.05) is 6.07 Å². The lowest BCUT2D eigenvalue weighted by atomic mass is 10.0. The predicted octanol–water partition coefficient (Wildman–Crippen LogP) is 2.90. The molecule has 1 saturated heterocycles. The normalized spacial score (nSPS) is 19.1. The Kier molecular flexibility index (Phi) is 5.31. The van der Waals surface area contributed by atoms with Crippen molar-refractivity contribution in [1.82, 2.24) is 20.2 Å². The molecule has 1 fully saturated rings. The maximum Gasteiger partial charge on any atom is 0.417 e. The summed E-state index contributed by atoms with van der Waals surface area (Å²) in [5.41, 5.74) is 1.14. The third kappa shape index (κ3) is 4.45. The zero-order valence-corrected chi connectivity index (χ0v) is 15.6. The number of halogens is 3. The second-order valence-corrected chi connectivity index (χ2v) is 7.23. The molecule has 2 aliphatic heterocycles. The molecule has 1 atom stereocenters. The molecule has 4 rings (SSSR count). The Bertz CT molecular complexity index is 929. The highest BCUT2D eigenvalue weighted by Crippen LogP contribution is 2.34. The highest BCUT2D eigenvalue weighted by molar-refractivity contribution is 6.39. The van der Waals surface area contributed by atoms with Gasteiger partial charge in [-0.3, -0.25) is 14.8 Å². The van der Waals surface area contributed by atoms with Crippen LogP contribution in [0.2, 0.25) is 0 Å². The number of aryl methyl sites for hydroxylation is 1. The van der Waals surface area contributed by atoms with Crippen LogP contribution in [0.3, 0.4) is 0 Å². The molecule has 1 unspecified atom stereocenters. The number of hydrogen-bond donors (Lipinski definition) is 1. The van der Waals surface area contributed by atoms with Crippen LogP contribution in [-0.4, -0.2) is 45.6 Å². The maximum absolute atomic E-state index is 12.9. The van der Waals surface area contributed by atoms with Gasteiger partial charge in [-0.05, 0) is 30.5 Å². The second kappa shape index (κ2) is 7.90. The van der Waals surface area contributed by atoms with Crippen LogP contribution in [0, 0.1) is 0 Å². The zero-order valence-electron chi connectivity index (χ0n) is 15.6. The molecular weight excluding hydrogens is 383 g/mol. The van der Waals surface area contributed by atoms with Gasteiger partial charge in [0.1, 0.15) is 5.71 Å². The van der Waals surface area contributed by atoms with Crippen LogP contribution in [0.1, 0.15) is 29.7 Å². The van der Waals surface area contributed by atoms with Crippen LogP contribution < -0.4 is 5.32 Å². The van der Waals surface area contributed by atoms with E-state index in [9.17, 15) is 18.0 Å². The minimum absolute atomic E-state index is 0.139. The number of pyridine rings is 2. The van der Waals surface area contributed by atoms with Crippen molar-refractivity contribution < 1.29 is 18.0 Å². The second-order valence-electron chi connectivity index (χ2n) is 7.23. The zero-order chi connectivity index (χ0) is 20.4.